The lowest BCUT2D eigenvalue weighted by atomic mass is 9.86. The van der Waals surface area contributed by atoms with E-state index in [1.807, 2.05) is 27.7 Å². The van der Waals surface area contributed by atoms with Crippen molar-refractivity contribution >= 4 is 11.9 Å². The van der Waals surface area contributed by atoms with Crippen molar-refractivity contribution in [3.63, 3.8) is 0 Å². The second-order valence-corrected chi connectivity index (χ2v) is 5.92. The summed E-state index contributed by atoms with van der Waals surface area (Å²) in [6.07, 6.45) is 1.55. The van der Waals surface area contributed by atoms with E-state index in [1.54, 1.807) is 0 Å². The number of hydrogen-bond donors (Lipinski definition) is 3. The van der Waals surface area contributed by atoms with E-state index in [-0.39, 0.29) is 18.2 Å². The van der Waals surface area contributed by atoms with Gasteiger partial charge in [0.15, 0.2) is 0 Å². The van der Waals surface area contributed by atoms with Gasteiger partial charge in [0, 0.05) is 19.5 Å². The third-order valence-corrected chi connectivity index (χ3v) is 3.60. The Labute approximate surface area is 115 Å². The van der Waals surface area contributed by atoms with Gasteiger partial charge in [-0.1, -0.05) is 20.8 Å². The van der Waals surface area contributed by atoms with Crippen LogP contribution in [0.3, 0.4) is 0 Å². The lowest BCUT2D eigenvalue weighted by Crippen LogP contribution is -2.45. The molecule has 5 nitrogen and oxygen atoms in total. The van der Waals surface area contributed by atoms with Crippen LogP contribution in [0.5, 0.6) is 0 Å². The summed E-state index contributed by atoms with van der Waals surface area (Å²) in [7, 11) is 0. The van der Waals surface area contributed by atoms with Crippen LogP contribution in [0.1, 0.15) is 47.0 Å². The Kier molecular flexibility index (Phi) is 7.68. The Morgan fingerprint density at radius 1 is 1.37 bits per heavy atom. The number of nitrogens with two attached hydrogens (primary N) is 1. The molecule has 0 fully saturated rings. The third kappa shape index (κ3) is 6.57. The van der Waals surface area contributed by atoms with Crippen LogP contribution >= 0.6 is 0 Å². The van der Waals surface area contributed by atoms with E-state index in [0.29, 0.717) is 25.4 Å². The highest BCUT2D eigenvalue weighted by atomic mass is 16.4. The van der Waals surface area contributed by atoms with Gasteiger partial charge >= 0.3 is 5.97 Å². The molecule has 112 valence electrons. The normalized spacial score (nSPS) is 15.9. The first-order chi connectivity index (χ1) is 8.75. The molecular weight excluding hydrogens is 244 g/mol. The van der Waals surface area contributed by atoms with E-state index >= 15 is 0 Å². The van der Waals surface area contributed by atoms with Gasteiger partial charge in [0.2, 0.25) is 5.91 Å². The van der Waals surface area contributed by atoms with Crippen molar-refractivity contribution in [2.24, 2.45) is 23.0 Å². The molecule has 0 saturated heterocycles. The molecule has 0 aliphatic rings. The Morgan fingerprint density at radius 2 is 1.95 bits per heavy atom. The van der Waals surface area contributed by atoms with Crippen molar-refractivity contribution in [2.45, 2.75) is 47.0 Å². The number of hydrogen-bond acceptors (Lipinski definition) is 3. The molecule has 0 rings (SSSR count). The van der Waals surface area contributed by atoms with Crippen molar-refractivity contribution in [2.75, 3.05) is 13.1 Å². The predicted octanol–water partition coefficient (Wildman–Crippen LogP) is 1.61. The van der Waals surface area contributed by atoms with Gasteiger partial charge in [-0.15, -0.1) is 0 Å². The summed E-state index contributed by atoms with van der Waals surface area (Å²) in [6, 6.07) is 0. The van der Waals surface area contributed by atoms with Crippen LogP contribution in [-0.4, -0.2) is 30.1 Å². The number of carboxylic acids is 1. The molecule has 0 aromatic rings. The van der Waals surface area contributed by atoms with Crippen LogP contribution in [0.4, 0.5) is 0 Å². The van der Waals surface area contributed by atoms with Crippen molar-refractivity contribution in [1.82, 2.24) is 5.32 Å². The van der Waals surface area contributed by atoms with E-state index in [4.69, 9.17) is 10.8 Å². The first-order valence-electron chi connectivity index (χ1n) is 6.95. The summed E-state index contributed by atoms with van der Waals surface area (Å²) in [5, 5.41) is 11.7. The summed E-state index contributed by atoms with van der Waals surface area (Å²) in [5.41, 5.74) is 5.07. The predicted molar refractivity (Wildman–Crippen MR) is 75.7 cm³/mol. The smallest absolute Gasteiger partial charge is 0.303 e. The van der Waals surface area contributed by atoms with Crippen LogP contribution in [0.25, 0.3) is 0 Å². The Hall–Kier alpha value is -1.10. The quantitative estimate of drug-likeness (QED) is 0.594. The first-order valence-corrected chi connectivity index (χ1v) is 6.95. The molecule has 0 radical (unpaired) electrons. The minimum absolute atomic E-state index is 0.0275. The zero-order chi connectivity index (χ0) is 15.1. The van der Waals surface area contributed by atoms with Gasteiger partial charge in [-0.3, -0.25) is 9.59 Å². The minimum Gasteiger partial charge on any atom is -0.481 e. The molecule has 5 heteroatoms. The molecule has 0 aromatic carbocycles. The van der Waals surface area contributed by atoms with Crippen LogP contribution < -0.4 is 11.1 Å². The second-order valence-electron chi connectivity index (χ2n) is 5.92. The number of nitrogens with one attached hydrogen (secondary N) is 1. The summed E-state index contributed by atoms with van der Waals surface area (Å²) >= 11 is 0. The van der Waals surface area contributed by atoms with E-state index in [0.717, 1.165) is 6.42 Å². The average Bonchev–Trinajstić information content (AvgIpc) is 2.33. The van der Waals surface area contributed by atoms with Gasteiger partial charge in [0.1, 0.15) is 0 Å². The zero-order valence-corrected chi connectivity index (χ0v) is 12.5. The van der Waals surface area contributed by atoms with Crippen molar-refractivity contribution in [3.05, 3.63) is 0 Å². The SMILES string of the molecule is CCC(C)(CN)C(=O)NCC(CC(=O)O)CC(C)C. The van der Waals surface area contributed by atoms with E-state index in [2.05, 4.69) is 5.32 Å². The van der Waals surface area contributed by atoms with Crippen LogP contribution in [0.15, 0.2) is 0 Å². The first kappa shape index (κ1) is 17.9. The molecule has 0 spiro atoms. The third-order valence-electron chi connectivity index (χ3n) is 3.60. The Bertz CT molecular complexity index is 299. The lowest BCUT2D eigenvalue weighted by Gasteiger charge is -2.26. The number of carbonyl (C=O) groups excluding carboxylic acids is 1. The van der Waals surface area contributed by atoms with E-state index in [1.165, 1.54) is 0 Å². The molecule has 0 bridgehead atoms. The van der Waals surface area contributed by atoms with Crippen LogP contribution in [0, 0.1) is 17.3 Å². The van der Waals surface area contributed by atoms with Gasteiger partial charge in [0.05, 0.1) is 5.41 Å². The maximum absolute atomic E-state index is 12.1. The Balaban J connectivity index is 4.45. The summed E-state index contributed by atoms with van der Waals surface area (Å²) in [4.78, 5) is 22.9. The largest absolute Gasteiger partial charge is 0.481 e. The molecule has 0 aromatic heterocycles. The topological polar surface area (TPSA) is 92.4 Å². The fourth-order valence-corrected chi connectivity index (χ4v) is 2.00. The monoisotopic (exact) mass is 272 g/mol. The molecule has 19 heavy (non-hydrogen) atoms. The molecule has 1 amide bonds. The number of rotatable bonds is 9. The van der Waals surface area contributed by atoms with Gasteiger partial charge in [-0.05, 0) is 31.6 Å². The van der Waals surface area contributed by atoms with Gasteiger partial charge in [0.25, 0.3) is 0 Å². The fourth-order valence-electron chi connectivity index (χ4n) is 2.00. The average molecular weight is 272 g/mol. The highest BCUT2D eigenvalue weighted by Gasteiger charge is 2.30. The fraction of sp³-hybridized carbons (Fsp3) is 0.857. The van der Waals surface area contributed by atoms with Crippen LogP contribution in [0.2, 0.25) is 0 Å². The van der Waals surface area contributed by atoms with Gasteiger partial charge in [-0.2, -0.15) is 0 Å². The van der Waals surface area contributed by atoms with Gasteiger partial charge < -0.3 is 16.2 Å². The summed E-state index contributed by atoms with van der Waals surface area (Å²) in [6.45, 7) is 8.55. The molecule has 0 aliphatic carbocycles. The summed E-state index contributed by atoms with van der Waals surface area (Å²) < 4.78 is 0. The maximum atomic E-state index is 12.1. The lowest BCUT2D eigenvalue weighted by molar-refractivity contribution is -0.138. The van der Waals surface area contributed by atoms with Crippen molar-refractivity contribution in [1.29, 1.82) is 0 Å². The highest BCUT2D eigenvalue weighted by molar-refractivity contribution is 5.82. The number of carbonyl (C=O) groups is 2. The second kappa shape index (κ2) is 8.15. The number of carboxylic acid groups (broad SMARTS) is 1. The molecule has 4 N–H and O–H groups in total. The van der Waals surface area contributed by atoms with E-state index in [9.17, 15) is 9.59 Å². The molecule has 2 atom stereocenters. The highest BCUT2D eigenvalue weighted by Crippen LogP contribution is 2.20. The standard InChI is InChI=1S/C14H28N2O3/c1-5-14(4,9-15)13(19)16-8-11(6-10(2)3)7-12(17)18/h10-11H,5-9,15H2,1-4H3,(H,16,19)(H,17,18). The minimum atomic E-state index is -0.822. The number of amides is 1. The molecular formula is C14H28N2O3. The number of aliphatic carboxylic acids is 1. The van der Waals surface area contributed by atoms with E-state index < -0.39 is 11.4 Å². The van der Waals surface area contributed by atoms with Crippen molar-refractivity contribution in [3.8, 4) is 0 Å². The van der Waals surface area contributed by atoms with Crippen LogP contribution in [-0.2, 0) is 9.59 Å². The molecule has 0 saturated carbocycles. The Morgan fingerprint density at radius 3 is 2.32 bits per heavy atom. The molecule has 2 unspecified atom stereocenters. The maximum Gasteiger partial charge on any atom is 0.303 e. The van der Waals surface area contributed by atoms with Gasteiger partial charge in [-0.25, -0.2) is 0 Å². The summed E-state index contributed by atoms with van der Waals surface area (Å²) in [5.74, 6) is -0.526. The molecule has 0 heterocycles. The zero-order valence-electron chi connectivity index (χ0n) is 12.5. The van der Waals surface area contributed by atoms with Crippen molar-refractivity contribution < 1.29 is 14.7 Å². The molecule has 0 aliphatic heterocycles.